The van der Waals surface area contributed by atoms with Crippen LogP contribution in [-0.4, -0.2) is 24.3 Å². The molecular weight excluding hydrogens is 371 g/mol. The molecule has 0 aromatic heterocycles. The number of nitrogens with zero attached hydrogens (tertiary/aromatic N) is 1. The Hall–Kier alpha value is -2.27. The molecule has 2 aromatic carbocycles. The van der Waals surface area contributed by atoms with Gasteiger partial charge in [0.2, 0.25) is 10.0 Å². The highest BCUT2D eigenvalue weighted by atomic mass is 32.2. The molecule has 0 spiro atoms. The first-order valence-corrected chi connectivity index (χ1v) is 9.34. The average molecular weight is 385 g/mol. The Morgan fingerprint density at radius 1 is 1.28 bits per heavy atom. The van der Waals surface area contributed by atoms with E-state index in [2.05, 4.69) is 0 Å². The molecule has 10 heteroatoms. The van der Waals surface area contributed by atoms with E-state index in [1.54, 1.807) is 24.3 Å². The molecule has 0 fully saturated rings. The molecular formula is C15H14FN2O5S2-. The van der Waals surface area contributed by atoms with Gasteiger partial charge >= 0.3 is 0 Å². The maximum Gasteiger partial charge on any atom is 0.240 e. The van der Waals surface area contributed by atoms with E-state index in [9.17, 15) is 21.6 Å². The summed E-state index contributed by atoms with van der Waals surface area (Å²) in [6.45, 7) is 0. The van der Waals surface area contributed by atoms with Crippen LogP contribution in [0.2, 0.25) is 0 Å². The summed E-state index contributed by atoms with van der Waals surface area (Å²) in [5.41, 5.74) is 0.107. The van der Waals surface area contributed by atoms with E-state index in [0.717, 1.165) is 24.4 Å². The van der Waals surface area contributed by atoms with Crippen LogP contribution in [0, 0.1) is 5.82 Å². The number of para-hydroxylation sites is 1. The SMILES string of the molecule is COc1ccccc1C=CN(c1cc(F)ccc1S(N)(=O)=O)S(=O)[O-]. The molecule has 2 aromatic rings. The molecule has 25 heavy (non-hydrogen) atoms. The summed E-state index contributed by atoms with van der Waals surface area (Å²) in [6.07, 6.45) is 2.46. The molecule has 0 bridgehead atoms. The highest BCUT2D eigenvalue weighted by molar-refractivity contribution is 7.89. The number of hydrogen-bond donors (Lipinski definition) is 1. The number of hydrogen-bond acceptors (Lipinski definition) is 5. The van der Waals surface area contributed by atoms with Crippen LogP contribution in [0.3, 0.4) is 0 Å². The van der Waals surface area contributed by atoms with Crippen LogP contribution in [0.25, 0.3) is 6.08 Å². The van der Waals surface area contributed by atoms with Gasteiger partial charge in [0, 0.05) is 11.8 Å². The predicted octanol–water partition coefficient (Wildman–Crippen LogP) is 1.75. The number of benzene rings is 2. The Morgan fingerprint density at radius 2 is 1.96 bits per heavy atom. The maximum atomic E-state index is 13.5. The molecule has 2 rings (SSSR count). The lowest BCUT2D eigenvalue weighted by Crippen LogP contribution is -2.23. The molecule has 0 aliphatic heterocycles. The van der Waals surface area contributed by atoms with Gasteiger partial charge in [0.25, 0.3) is 0 Å². The van der Waals surface area contributed by atoms with Crippen molar-refractivity contribution in [1.29, 1.82) is 0 Å². The second-order valence-electron chi connectivity index (χ2n) is 4.76. The Morgan fingerprint density at radius 3 is 2.56 bits per heavy atom. The van der Waals surface area contributed by atoms with Crippen molar-refractivity contribution in [2.75, 3.05) is 11.4 Å². The van der Waals surface area contributed by atoms with Crippen LogP contribution in [0.5, 0.6) is 5.75 Å². The zero-order chi connectivity index (χ0) is 18.6. The second-order valence-corrected chi connectivity index (χ2v) is 7.12. The smallest absolute Gasteiger partial charge is 0.240 e. The van der Waals surface area contributed by atoms with Gasteiger partial charge in [-0.25, -0.2) is 17.9 Å². The van der Waals surface area contributed by atoms with Crippen LogP contribution in [0.4, 0.5) is 10.1 Å². The third-order valence-electron chi connectivity index (χ3n) is 3.15. The molecule has 134 valence electrons. The lowest BCUT2D eigenvalue weighted by Gasteiger charge is -2.24. The van der Waals surface area contributed by atoms with Crippen molar-refractivity contribution in [3.8, 4) is 5.75 Å². The summed E-state index contributed by atoms with van der Waals surface area (Å²) < 4.78 is 65.6. The number of ether oxygens (including phenoxy) is 1. The van der Waals surface area contributed by atoms with Gasteiger partial charge in [-0.05, 0) is 30.3 Å². The van der Waals surface area contributed by atoms with Crippen molar-refractivity contribution < 1.29 is 26.3 Å². The number of anilines is 1. The Labute approximate surface area is 147 Å². The van der Waals surface area contributed by atoms with Gasteiger partial charge in [-0.15, -0.1) is 0 Å². The van der Waals surface area contributed by atoms with Gasteiger partial charge in [0.1, 0.15) is 16.5 Å². The average Bonchev–Trinajstić information content (AvgIpc) is 2.54. The zero-order valence-electron chi connectivity index (χ0n) is 13.0. The van der Waals surface area contributed by atoms with Crippen LogP contribution in [0.15, 0.2) is 53.6 Å². The summed E-state index contributed by atoms with van der Waals surface area (Å²) in [5, 5.41) is 5.08. The third kappa shape index (κ3) is 4.63. The first-order chi connectivity index (χ1) is 11.7. The molecule has 2 N–H and O–H groups in total. The topological polar surface area (TPSA) is 113 Å². The van der Waals surface area contributed by atoms with Crippen LogP contribution in [-0.2, 0) is 21.3 Å². The van der Waals surface area contributed by atoms with Crippen LogP contribution < -0.4 is 14.2 Å². The van der Waals surface area contributed by atoms with Crippen LogP contribution in [0.1, 0.15) is 5.56 Å². The summed E-state index contributed by atoms with van der Waals surface area (Å²) in [7, 11) is -2.82. The Bertz CT molecular complexity index is 931. The minimum absolute atomic E-state index is 0.429. The van der Waals surface area contributed by atoms with Gasteiger partial charge < -0.3 is 9.29 Å². The van der Waals surface area contributed by atoms with E-state index in [1.807, 2.05) is 0 Å². The number of halogens is 1. The Balaban J connectivity index is 2.55. The van der Waals surface area contributed by atoms with Crippen molar-refractivity contribution in [1.82, 2.24) is 0 Å². The number of rotatable bonds is 6. The largest absolute Gasteiger partial charge is 0.755 e. The predicted molar refractivity (Wildman–Crippen MR) is 91.2 cm³/mol. The van der Waals surface area contributed by atoms with Crippen molar-refractivity contribution >= 4 is 33.1 Å². The van der Waals surface area contributed by atoms with Crippen molar-refractivity contribution in [3.63, 3.8) is 0 Å². The quantitative estimate of drug-likeness (QED) is 0.761. The first kappa shape index (κ1) is 19.1. The fourth-order valence-corrected chi connectivity index (χ4v) is 3.30. The highest BCUT2D eigenvalue weighted by Crippen LogP contribution is 2.28. The van der Waals surface area contributed by atoms with Gasteiger partial charge in [0.15, 0.2) is 0 Å². The standard InChI is InChI=1S/C15H15FN2O5S2/c1-23-14-5-3-2-4-11(14)8-9-18(24(19)20)13-10-12(16)6-7-15(13)25(17,21)22/h2-10H,1H3,(H,19,20)(H2,17,21,22)/p-1. The maximum absolute atomic E-state index is 13.5. The van der Waals surface area contributed by atoms with Gasteiger partial charge in [0.05, 0.1) is 24.1 Å². The molecule has 0 aliphatic carbocycles. The lowest BCUT2D eigenvalue weighted by molar-refractivity contribution is 0.414. The Kier molecular flexibility index (Phi) is 5.90. The zero-order valence-corrected chi connectivity index (χ0v) is 14.6. The van der Waals surface area contributed by atoms with E-state index in [1.165, 1.54) is 13.2 Å². The molecule has 0 saturated carbocycles. The van der Waals surface area contributed by atoms with Gasteiger partial charge in [-0.2, -0.15) is 0 Å². The number of sulfonamides is 1. The summed E-state index contributed by atoms with van der Waals surface area (Å²) in [6, 6.07) is 9.30. The normalized spacial score (nSPS) is 13.0. The monoisotopic (exact) mass is 385 g/mol. The molecule has 0 heterocycles. The van der Waals surface area contributed by atoms with E-state index in [0.29, 0.717) is 15.6 Å². The van der Waals surface area contributed by atoms with Crippen LogP contribution >= 0.6 is 0 Å². The fourth-order valence-electron chi connectivity index (χ4n) is 2.07. The second kappa shape index (κ2) is 7.74. The van der Waals surface area contributed by atoms with Gasteiger partial charge in [-0.1, -0.05) is 18.2 Å². The summed E-state index contributed by atoms with van der Waals surface area (Å²) >= 11 is -2.92. The van der Waals surface area contributed by atoms with Crippen molar-refractivity contribution in [2.24, 2.45) is 5.14 Å². The fraction of sp³-hybridized carbons (Fsp3) is 0.0667. The lowest BCUT2D eigenvalue weighted by atomic mass is 10.2. The number of primary sulfonamides is 1. The summed E-state index contributed by atoms with van der Waals surface area (Å²) in [5.74, 6) is -0.343. The molecule has 7 nitrogen and oxygen atoms in total. The van der Waals surface area contributed by atoms with Crippen molar-refractivity contribution in [2.45, 2.75) is 4.90 Å². The minimum atomic E-state index is -4.26. The molecule has 0 amide bonds. The molecule has 0 saturated heterocycles. The minimum Gasteiger partial charge on any atom is -0.755 e. The third-order valence-corrected chi connectivity index (χ3v) is 4.75. The number of nitrogens with two attached hydrogens (primary N) is 1. The first-order valence-electron chi connectivity index (χ1n) is 6.76. The van der Waals surface area contributed by atoms with E-state index in [4.69, 9.17) is 9.88 Å². The molecule has 1 unspecified atom stereocenters. The number of methoxy groups -OCH3 is 1. The molecule has 0 aliphatic rings. The molecule has 0 radical (unpaired) electrons. The summed E-state index contributed by atoms with van der Waals surface area (Å²) in [4.78, 5) is -0.525. The van der Waals surface area contributed by atoms with E-state index in [-0.39, 0.29) is 0 Å². The van der Waals surface area contributed by atoms with Crippen molar-refractivity contribution in [3.05, 3.63) is 60.0 Å². The van der Waals surface area contributed by atoms with E-state index < -0.39 is 37.7 Å². The highest BCUT2D eigenvalue weighted by Gasteiger charge is 2.19. The molecule has 1 atom stereocenters. The van der Waals surface area contributed by atoms with E-state index >= 15 is 0 Å². The van der Waals surface area contributed by atoms with Gasteiger partial charge in [-0.3, -0.25) is 8.51 Å².